The lowest BCUT2D eigenvalue weighted by Crippen LogP contribution is -2.18. The summed E-state index contributed by atoms with van der Waals surface area (Å²) >= 11 is 1.42. The molecule has 0 amide bonds. The topological polar surface area (TPSA) is 45.4 Å². The molecule has 2 rings (SSSR count). The molecule has 18 heavy (non-hydrogen) atoms. The maximum atomic E-state index is 13.6. The Kier molecular flexibility index (Phi) is 3.58. The van der Waals surface area contributed by atoms with Crippen LogP contribution in [0, 0.1) is 17.1 Å². The summed E-state index contributed by atoms with van der Waals surface area (Å²) in [6.07, 6.45) is 0.716. The van der Waals surface area contributed by atoms with E-state index in [1.54, 1.807) is 12.1 Å². The van der Waals surface area contributed by atoms with Gasteiger partial charge in [0.15, 0.2) is 0 Å². The Hall–Kier alpha value is -1.54. The molecule has 0 aromatic heterocycles. The van der Waals surface area contributed by atoms with Gasteiger partial charge < -0.3 is 4.84 Å². The Bertz CT molecular complexity index is 534. The molecule has 0 N–H and O–H groups in total. The molecule has 1 aliphatic rings. The molecule has 5 heteroatoms. The molecule has 1 aliphatic heterocycles. The monoisotopic (exact) mass is 264 g/mol. The zero-order valence-corrected chi connectivity index (χ0v) is 11.1. The van der Waals surface area contributed by atoms with Crippen LogP contribution in [0.2, 0.25) is 0 Å². The Morgan fingerprint density at radius 1 is 1.56 bits per heavy atom. The third-order valence-corrected chi connectivity index (χ3v) is 3.58. The largest absolute Gasteiger partial charge is 0.389 e. The van der Waals surface area contributed by atoms with E-state index in [1.807, 2.05) is 19.9 Å². The second-order valence-electron chi connectivity index (χ2n) is 4.68. The highest BCUT2D eigenvalue weighted by atomic mass is 32.2. The van der Waals surface area contributed by atoms with Crippen LogP contribution in [0.4, 0.5) is 4.39 Å². The number of hydrogen-bond acceptors (Lipinski definition) is 4. The van der Waals surface area contributed by atoms with Gasteiger partial charge in [0.05, 0.1) is 11.6 Å². The van der Waals surface area contributed by atoms with E-state index in [9.17, 15) is 4.39 Å². The van der Waals surface area contributed by atoms with Crippen LogP contribution in [0.15, 0.2) is 23.4 Å². The van der Waals surface area contributed by atoms with Crippen LogP contribution < -0.4 is 0 Å². The minimum absolute atomic E-state index is 0.282. The van der Waals surface area contributed by atoms with E-state index in [1.165, 1.54) is 17.8 Å². The van der Waals surface area contributed by atoms with Crippen molar-refractivity contribution >= 4 is 16.8 Å². The summed E-state index contributed by atoms with van der Waals surface area (Å²) in [5, 5.41) is 13.7. The summed E-state index contributed by atoms with van der Waals surface area (Å²) in [6.45, 7) is 3.90. The summed E-state index contributed by atoms with van der Waals surface area (Å²) in [4.78, 5) is 5.24. The van der Waals surface area contributed by atoms with Crippen molar-refractivity contribution in [1.82, 2.24) is 0 Å². The lowest BCUT2D eigenvalue weighted by Gasteiger charge is -2.13. The quantitative estimate of drug-likeness (QED) is 0.822. The lowest BCUT2D eigenvalue weighted by atomic mass is 10.1. The summed E-state index contributed by atoms with van der Waals surface area (Å²) in [6, 6.07) is 6.54. The molecule has 0 saturated heterocycles. The molecule has 0 aliphatic carbocycles. The second-order valence-corrected chi connectivity index (χ2v) is 5.73. The molecule has 94 valence electrons. The van der Waals surface area contributed by atoms with Crippen molar-refractivity contribution in [1.29, 1.82) is 5.26 Å². The van der Waals surface area contributed by atoms with Crippen molar-refractivity contribution in [3.05, 3.63) is 35.1 Å². The number of hydrogen-bond donors (Lipinski definition) is 0. The Balaban J connectivity index is 2.06. The smallest absolute Gasteiger partial charge is 0.138 e. The number of halogens is 1. The molecular formula is C13H13FN2OS. The molecule has 3 nitrogen and oxygen atoms in total. The van der Waals surface area contributed by atoms with E-state index in [0.29, 0.717) is 23.3 Å². The minimum Gasteiger partial charge on any atom is -0.389 e. The number of nitrogens with zero attached hydrogens (tertiary/aromatic N) is 2. The van der Waals surface area contributed by atoms with E-state index in [2.05, 4.69) is 5.16 Å². The van der Waals surface area contributed by atoms with Crippen LogP contribution in [0.3, 0.4) is 0 Å². The van der Waals surface area contributed by atoms with Crippen LogP contribution in [0.1, 0.15) is 31.4 Å². The van der Waals surface area contributed by atoms with Gasteiger partial charge in [-0.1, -0.05) is 11.2 Å². The molecule has 0 radical (unpaired) electrons. The van der Waals surface area contributed by atoms with Gasteiger partial charge in [-0.15, -0.1) is 11.8 Å². The lowest BCUT2D eigenvalue weighted by molar-refractivity contribution is 0.0123. The fraction of sp³-hybridized carbons (Fsp3) is 0.385. The number of thioether (sulfide) groups is 1. The number of nitriles is 1. The first kappa shape index (κ1) is 12.9. The summed E-state index contributed by atoms with van der Waals surface area (Å²) < 4.78 is 13.6. The van der Waals surface area contributed by atoms with Gasteiger partial charge in [-0.2, -0.15) is 5.26 Å². The first-order valence-electron chi connectivity index (χ1n) is 5.57. The van der Waals surface area contributed by atoms with Crippen molar-refractivity contribution < 1.29 is 9.23 Å². The predicted octanol–water partition coefficient (Wildman–Crippen LogP) is 3.44. The molecular weight excluding hydrogens is 251 g/mol. The zero-order chi connectivity index (χ0) is 13.2. The van der Waals surface area contributed by atoms with Crippen LogP contribution in [0.5, 0.6) is 0 Å². The van der Waals surface area contributed by atoms with Crippen molar-refractivity contribution in [2.45, 2.75) is 31.6 Å². The fourth-order valence-electron chi connectivity index (χ4n) is 1.65. The number of rotatable bonds is 2. The first-order chi connectivity index (χ1) is 8.52. The van der Waals surface area contributed by atoms with E-state index >= 15 is 0 Å². The normalized spacial score (nSPS) is 16.9. The molecule has 0 fully saturated rings. The Morgan fingerprint density at radius 3 is 2.94 bits per heavy atom. The highest BCUT2D eigenvalue weighted by Gasteiger charge is 2.29. The highest BCUT2D eigenvalue weighted by molar-refractivity contribution is 8.13. The van der Waals surface area contributed by atoms with Gasteiger partial charge in [-0.25, -0.2) is 4.39 Å². The van der Waals surface area contributed by atoms with Crippen molar-refractivity contribution in [2.24, 2.45) is 5.16 Å². The molecule has 1 heterocycles. The predicted molar refractivity (Wildman–Crippen MR) is 69.6 cm³/mol. The molecule has 0 atom stereocenters. The molecule has 1 aromatic rings. The second kappa shape index (κ2) is 4.99. The van der Waals surface area contributed by atoms with Gasteiger partial charge >= 0.3 is 0 Å². The van der Waals surface area contributed by atoms with Gasteiger partial charge in [-0.05, 0) is 26.0 Å². The molecule has 1 aromatic carbocycles. The summed E-state index contributed by atoms with van der Waals surface area (Å²) in [7, 11) is 0. The molecule has 0 saturated carbocycles. The van der Waals surface area contributed by atoms with Crippen LogP contribution in [-0.2, 0) is 10.6 Å². The first-order valence-corrected chi connectivity index (χ1v) is 6.56. The standard InChI is InChI=1S/C13H13FN2OS/c1-13(2)6-12(16-17-13)18-8-10-9(7-15)4-3-5-11(10)14/h3-5H,6,8H2,1-2H3. The van der Waals surface area contributed by atoms with Gasteiger partial charge in [-0.3, -0.25) is 0 Å². The minimum atomic E-state index is -0.347. The highest BCUT2D eigenvalue weighted by Crippen LogP contribution is 2.30. The molecule has 0 spiro atoms. The van der Waals surface area contributed by atoms with E-state index < -0.39 is 0 Å². The van der Waals surface area contributed by atoms with E-state index in [-0.39, 0.29) is 11.4 Å². The third-order valence-electron chi connectivity index (χ3n) is 2.59. The van der Waals surface area contributed by atoms with Crippen LogP contribution in [-0.4, -0.2) is 10.6 Å². The number of benzene rings is 1. The van der Waals surface area contributed by atoms with Crippen molar-refractivity contribution in [3.8, 4) is 6.07 Å². The number of oxime groups is 1. The van der Waals surface area contributed by atoms with Crippen molar-refractivity contribution in [3.63, 3.8) is 0 Å². The van der Waals surface area contributed by atoms with Gasteiger partial charge in [0.25, 0.3) is 0 Å². The van der Waals surface area contributed by atoms with Gasteiger partial charge in [0.1, 0.15) is 16.5 Å². The zero-order valence-electron chi connectivity index (χ0n) is 10.2. The fourth-order valence-corrected chi connectivity index (χ4v) is 2.79. The Morgan fingerprint density at radius 2 is 2.33 bits per heavy atom. The molecule has 0 bridgehead atoms. The average molecular weight is 264 g/mol. The average Bonchev–Trinajstić information content (AvgIpc) is 2.67. The van der Waals surface area contributed by atoms with Gasteiger partial charge in [0.2, 0.25) is 0 Å². The third kappa shape index (κ3) is 2.82. The Labute approximate surface area is 110 Å². The summed E-state index contributed by atoms with van der Waals surface area (Å²) in [5.41, 5.74) is 0.522. The maximum Gasteiger partial charge on any atom is 0.138 e. The van der Waals surface area contributed by atoms with Crippen LogP contribution in [0.25, 0.3) is 0 Å². The summed E-state index contributed by atoms with van der Waals surface area (Å²) in [5.74, 6) is 0.0497. The van der Waals surface area contributed by atoms with E-state index in [0.717, 1.165) is 5.04 Å². The molecule has 0 unspecified atom stereocenters. The van der Waals surface area contributed by atoms with Crippen molar-refractivity contribution in [2.75, 3.05) is 0 Å². The maximum absolute atomic E-state index is 13.6. The van der Waals surface area contributed by atoms with Crippen LogP contribution >= 0.6 is 11.8 Å². The van der Waals surface area contributed by atoms with E-state index in [4.69, 9.17) is 10.1 Å². The van der Waals surface area contributed by atoms with Gasteiger partial charge in [0, 0.05) is 17.7 Å². The SMILES string of the molecule is CC1(C)CC(SCc2c(F)cccc2C#N)=NO1.